The largest absolute Gasteiger partial charge is 0.457 e. The first-order valence-corrected chi connectivity index (χ1v) is 12.8. The molecule has 2 N–H and O–H groups in total. The fraction of sp³-hybridized carbons (Fsp3) is 0.536. The Balaban J connectivity index is 2.01. The van der Waals surface area contributed by atoms with Gasteiger partial charge in [-0.3, -0.25) is 4.79 Å². The molecule has 10 nitrogen and oxygen atoms in total. The summed E-state index contributed by atoms with van der Waals surface area (Å²) >= 11 is 0. The number of aliphatic hydroxyl groups excluding tert-OH is 2. The standard InChI is InChI=1S/C28H38O10/c1-4-5-6-7-21-8-10-22(11-9-21)28(33)38-25-13-23(34-17-36-26(31)19(2)15-29)12-24(14-25)35-18-37-27(32)20(3)16-30/h12-14,21-22,29-30H,2-11,15-18H2,1H3. The molecule has 0 aliphatic heterocycles. The van der Waals surface area contributed by atoms with Crippen LogP contribution in [0.15, 0.2) is 42.5 Å². The molecule has 0 radical (unpaired) electrons. The van der Waals surface area contributed by atoms with E-state index in [-0.39, 0.29) is 40.3 Å². The molecule has 1 fully saturated rings. The summed E-state index contributed by atoms with van der Waals surface area (Å²) in [6.07, 6.45) is 8.37. The van der Waals surface area contributed by atoms with Crippen LogP contribution in [0, 0.1) is 11.8 Å². The van der Waals surface area contributed by atoms with Crippen LogP contribution in [-0.2, 0) is 23.9 Å². The summed E-state index contributed by atoms with van der Waals surface area (Å²) in [6.45, 7) is 6.83. The summed E-state index contributed by atoms with van der Waals surface area (Å²) in [5, 5.41) is 17.9. The highest BCUT2D eigenvalue weighted by atomic mass is 16.7. The average Bonchev–Trinajstić information content (AvgIpc) is 2.92. The maximum atomic E-state index is 12.9. The van der Waals surface area contributed by atoms with Crippen molar-refractivity contribution in [1.29, 1.82) is 0 Å². The van der Waals surface area contributed by atoms with Crippen molar-refractivity contribution in [3.8, 4) is 17.2 Å². The lowest BCUT2D eigenvalue weighted by Crippen LogP contribution is -2.25. The average molecular weight is 535 g/mol. The lowest BCUT2D eigenvalue weighted by molar-refractivity contribution is -0.146. The maximum absolute atomic E-state index is 12.9. The van der Waals surface area contributed by atoms with E-state index in [9.17, 15) is 14.4 Å². The van der Waals surface area contributed by atoms with Crippen LogP contribution < -0.4 is 14.2 Å². The zero-order valence-corrected chi connectivity index (χ0v) is 21.9. The van der Waals surface area contributed by atoms with E-state index in [1.807, 2.05) is 0 Å². The smallest absolute Gasteiger partial charge is 0.338 e. The van der Waals surface area contributed by atoms with E-state index in [0.29, 0.717) is 5.92 Å². The van der Waals surface area contributed by atoms with Gasteiger partial charge in [0.25, 0.3) is 0 Å². The van der Waals surface area contributed by atoms with Crippen molar-refractivity contribution in [2.75, 3.05) is 26.8 Å². The third-order valence-corrected chi connectivity index (χ3v) is 6.26. The molecular weight excluding hydrogens is 496 g/mol. The first-order valence-electron chi connectivity index (χ1n) is 12.8. The van der Waals surface area contributed by atoms with E-state index in [1.54, 1.807) is 0 Å². The van der Waals surface area contributed by atoms with E-state index >= 15 is 0 Å². The van der Waals surface area contributed by atoms with Gasteiger partial charge >= 0.3 is 17.9 Å². The highest BCUT2D eigenvalue weighted by molar-refractivity contribution is 5.88. The number of benzene rings is 1. The second kappa shape index (κ2) is 16.5. The third-order valence-electron chi connectivity index (χ3n) is 6.26. The van der Waals surface area contributed by atoms with Gasteiger partial charge in [0.05, 0.1) is 30.3 Å². The fourth-order valence-electron chi connectivity index (χ4n) is 3.98. The van der Waals surface area contributed by atoms with Crippen LogP contribution in [0.2, 0.25) is 0 Å². The molecule has 210 valence electrons. The number of ether oxygens (including phenoxy) is 5. The number of hydrogen-bond acceptors (Lipinski definition) is 10. The van der Waals surface area contributed by atoms with Gasteiger partial charge in [-0.25, -0.2) is 9.59 Å². The van der Waals surface area contributed by atoms with E-state index in [2.05, 4.69) is 20.1 Å². The van der Waals surface area contributed by atoms with Crippen molar-refractivity contribution in [2.45, 2.75) is 58.3 Å². The zero-order valence-electron chi connectivity index (χ0n) is 21.9. The molecule has 0 bridgehead atoms. The Kier molecular flexibility index (Phi) is 13.4. The van der Waals surface area contributed by atoms with Crippen LogP contribution in [-0.4, -0.2) is 54.9 Å². The lowest BCUT2D eigenvalue weighted by atomic mass is 9.80. The molecule has 10 heteroatoms. The Hall–Kier alpha value is -3.37. The van der Waals surface area contributed by atoms with Crippen LogP contribution in [0.1, 0.15) is 58.3 Å². The molecule has 2 rings (SSSR count). The van der Waals surface area contributed by atoms with Gasteiger partial charge in [-0.2, -0.15) is 0 Å². The minimum absolute atomic E-state index is 0.133. The summed E-state index contributed by atoms with van der Waals surface area (Å²) in [5.74, 6) is -1.11. The van der Waals surface area contributed by atoms with E-state index < -0.39 is 38.7 Å². The van der Waals surface area contributed by atoms with Crippen LogP contribution >= 0.6 is 0 Å². The van der Waals surface area contributed by atoms with Gasteiger partial charge in [-0.05, 0) is 31.6 Å². The summed E-state index contributed by atoms with van der Waals surface area (Å²) in [4.78, 5) is 36.2. The van der Waals surface area contributed by atoms with Crippen LogP contribution in [0.5, 0.6) is 17.2 Å². The SMILES string of the molecule is C=C(CO)C(=O)OCOc1cc(OCOC(=O)C(=C)CO)cc(OC(=O)C2CCC(CCCCC)CC2)c1. The molecule has 0 spiro atoms. The van der Waals surface area contributed by atoms with Gasteiger partial charge < -0.3 is 33.9 Å². The van der Waals surface area contributed by atoms with Crippen molar-refractivity contribution >= 4 is 17.9 Å². The summed E-state index contributed by atoms with van der Waals surface area (Å²) in [5.41, 5.74) is -0.265. The second-order valence-corrected chi connectivity index (χ2v) is 9.19. The Morgan fingerprint density at radius 3 is 1.79 bits per heavy atom. The monoisotopic (exact) mass is 534 g/mol. The molecule has 0 unspecified atom stereocenters. The third kappa shape index (κ3) is 10.5. The minimum Gasteiger partial charge on any atom is -0.457 e. The van der Waals surface area contributed by atoms with Crippen molar-refractivity contribution in [1.82, 2.24) is 0 Å². The maximum Gasteiger partial charge on any atom is 0.338 e. The number of hydrogen-bond donors (Lipinski definition) is 2. The van der Waals surface area contributed by atoms with E-state index in [1.165, 1.54) is 43.9 Å². The number of aliphatic hydroxyl groups is 2. The number of rotatable bonds is 16. The molecule has 0 aromatic heterocycles. The Morgan fingerprint density at radius 1 is 0.816 bits per heavy atom. The summed E-state index contributed by atoms with van der Waals surface area (Å²) in [6, 6.07) is 4.30. The van der Waals surface area contributed by atoms with E-state index in [4.69, 9.17) is 33.9 Å². The van der Waals surface area contributed by atoms with Gasteiger partial charge in [0, 0.05) is 18.2 Å². The number of carbonyl (C=O) groups excluding carboxylic acids is 3. The van der Waals surface area contributed by atoms with Crippen LogP contribution in [0.25, 0.3) is 0 Å². The van der Waals surface area contributed by atoms with Gasteiger partial charge in [-0.15, -0.1) is 0 Å². The molecule has 1 aliphatic carbocycles. The quantitative estimate of drug-likeness (QED) is 0.106. The van der Waals surface area contributed by atoms with Crippen LogP contribution in [0.3, 0.4) is 0 Å². The highest BCUT2D eigenvalue weighted by Crippen LogP contribution is 2.34. The van der Waals surface area contributed by atoms with Crippen LogP contribution in [0.4, 0.5) is 0 Å². The molecule has 1 aromatic rings. The van der Waals surface area contributed by atoms with Gasteiger partial charge in [0.2, 0.25) is 13.6 Å². The predicted octanol–water partition coefficient (Wildman–Crippen LogP) is 3.83. The Labute approximate surface area is 223 Å². The topological polar surface area (TPSA) is 138 Å². The number of unbranched alkanes of at least 4 members (excludes halogenated alkanes) is 2. The van der Waals surface area contributed by atoms with Gasteiger partial charge in [-0.1, -0.05) is 45.8 Å². The summed E-state index contributed by atoms with van der Waals surface area (Å²) in [7, 11) is 0. The minimum atomic E-state index is -0.826. The lowest BCUT2D eigenvalue weighted by Gasteiger charge is -2.27. The van der Waals surface area contributed by atoms with E-state index in [0.717, 1.165) is 25.7 Å². The molecule has 0 heterocycles. The van der Waals surface area contributed by atoms with Gasteiger partial charge in [0.1, 0.15) is 17.2 Å². The molecular formula is C28H38O10. The molecule has 1 saturated carbocycles. The molecule has 0 atom stereocenters. The van der Waals surface area contributed by atoms with Gasteiger partial charge in [0.15, 0.2) is 0 Å². The fourth-order valence-corrected chi connectivity index (χ4v) is 3.98. The Morgan fingerprint density at radius 2 is 1.32 bits per heavy atom. The first-order chi connectivity index (χ1) is 18.3. The van der Waals surface area contributed by atoms with Crippen molar-refractivity contribution < 1.29 is 48.3 Å². The van der Waals surface area contributed by atoms with Crippen molar-refractivity contribution in [3.05, 3.63) is 42.5 Å². The number of carbonyl (C=O) groups is 3. The molecule has 0 saturated heterocycles. The molecule has 38 heavy (non-hydrogen) atoms. The molecule has 1 aromatic carbocycles. The van der Waals surface area contributed by atoms with Crippen molar-refractivity contribution in [2.24, 2.45) is 11.8 Å². The zero-order chi connectivity index (χ0) is 27.9. The highest BCUT2D eigenvalue weighted by Gasteiger charge is 2.28. The molecule has 0 amide bonds. The Bertz CT molecular complexity index is 910. The normalized spacial score (nSPS) is 16.7. The summed E-state index contributed by atoms with van der Waals surface area (Å²) < 4.78 is 26.2. The molecule has 1 aliphatic rings. The predicted molar refractivity (Wildman–Crippen MR) is 137 cm³/mol. The van der Waals surface area contributed by atoms with Crippen molar-refractivity contribution in [3.63, 3.8) is 0 Å². The first kappa shape index (κ1) is 30.9. The second-order valence-electron chi connectivity index (χ2n) is 9.19. The number of esters is 3.